The highest BCUT2D eigenvalue weighted by Crippen LogP contribution is 2.43. The third kappa shape index (κ3) is 7.12. The Morgan fingerprint density at radius 2 is 1.88 bits per heavy atom. The van der Waals surface area contributed by atoms with Gasteiger partial charge in [-0.25, -0.2) is 0 Å². The molecule has 146 valence electrons. The number of methoxy groups -OCH3 is 1. The van der Waals surface area contributed by atoms with Crippen LogP contribution in [0.1, 0.15) is 38.5 Å². The molecule has 2 aliphatic rings. The van der Waals surface area contributed by atoms with Gasteiger partial charge in [0.25, 0.3) is 0 Å². The van der Waals surface area contributed by atoms with Crippen molar-refractivity contribution < 1.29 is 4.74 Å². The van der Waals surface area contributed by atoms with Gasteiger partial charge in [0, 0.05) is 60.0 Å². The van der Waals surface area contributed by atoms with Crippen LogP contribution in [0.25, 0.3) is 0 Å². The first kappa shape index (κ1) is 20.5. The molecule has 0 unspecified atom stereocenters. The predicted molar refractivity (Wildman–Crippen MR) is 105 cm³/mol. The summed E-state index contributed by atoms with van der Waals surface area (Å²) in [5, 5.41) is 7.01. The Balaban J connectivity index is 1.54. The Kier molecular flexibility index (Phi) is 8.99. The molecule has 1 aliphatic heterocycles. The average molecular weight is 354 g/mol. The number of unbranched alkanes of at least 4 members (excludes halogenated alkanes) is 1. The van der Waals surface area contributed by atoms with Gasteiger partial charge in [-0.05, 0) is 51.1 Å². The zero-order chi connectivity index (χ0) is 18.0. The lowest BCUT2D eigenvalue weighted by Gasteiger charge is -2.42. The molecule has 6 heteroatoms. The number of hydrogen-bond donors (Lipinski definition) is 2. The number of ether oxygens (including phenoxy) is 1. The summed E-state index contributed by atoms with van der Waals surface area (Å²) in [5.41, 5.74) is 0.426. The molecular formula is C19H39N5O. The second-order valence-corrected chi connectivity index (χ2v) is 7.80. The van der Waals surface area contributed by atoms with E-state index in [-0.39, 0.29) is 0 Å². The molecule has 6 nitrogen and oxygen atoms in total. The van der Waals surface area contributed by atoms with Crippen LogP contribution in [0.15, 0.2) is 4.99 Å². The van der Waals surface area contributed by atoms with Crippen molar-refractivity contribution in [1.29, 1.82) is 0 Å². The van der Waals surface area contributed by atoms with E-state index in [1.165, 1.54) is 64.8 Å². The zero-order valence-electron chi connectivity index (χ0n) is 16.6. The largest absolute Gasteiger partial charge is 0.385 e. The van der Waals surface area contributed by atoms with Crippen LogP contribution in [0.2, 0.25) is 0 Å². The van der Waals surface area contributed by atoms with Crippen molar-refractivity contribution >= 4 is 5.96 Å². The number of piperazine rings is 1. The summed E-state index contributed by atoms with van der Waals surface area (Å²) >= 11 is 0. The molecule has 0 bridgehead atoms. The van der Waals surface area contributed by atoms with E-state index in [2.05, 4.69) is 32.5 Å². The van der Waals surface area contributed by atoms with E-state index in [0.717, 1.165) is 32.1 Å². The minimum atomic E-state index is 0.426. The van der Waals surface area contributed by atoms with Gasteiger partial charge in [-0.15, -0.1) is 0 Å². The monoisotopic (exact) mass is 353 g/mol. The molecule has 25 heavy (non-hydrogen) atoms. The molecule has 0 radical (unpaired) electrons. The Hall–Kier alpha value is -0.850. The fourth-order valence-corrected chi connectivity index (χ4v) is 3.74. The van der Waals surface area contributed by atoms with Crippen molar-refractivity contribution in [3.8, 4) is 0 Å². The molecule has 1 saturated carbocycles. The SMILES string of the molecule is CN=C(NCCCCN1CCN(C)CC1)NCC1(CCOC)CCC1. The molecule has 2 rings (SSSR count). The lowest BCUT2D eigenvalue weighted by molar-refractivity contribution is 0.0732. The molecule has 0 aromatic heterocycles. The van der Waals surface area contributed by atoms with Crippen molar-refractivity contribution in [3.05, 3.63) is 0 Å². The molecule has 2 fully saturated rings. The molecule has 2 N–H and O–H groups in total. The van der Waals surface area contributed by atoms with Crippen molar-refractivity contribution in [2.45, 2.75) is 38.5 Å². The predicted octanol–water partition coefficient (Wildman–Crippen LogP) is 1.39. The number of nitrogens with zero attached hydrogens (tertiary/aromatic N) is 3. The summed E-state index contributed by atoms with van der Waals surface area (Å²) in [4.78, 5) is 9.37. The van der Waals surface area contributed by atoms with Crippen LogP contribution < -0.4 is 10.6 Å². The van der Waals surface area contributed by atoms with Gasteiger partial charge in [-0.2, -0.15) is 0 Å². The maximum absolute atomic E-state index is 5.27. The van der Waals surface area contributed by atoms with E-state index in [0.29, 0.717) is 5.41 Å². The molecule has 1 aliphatic carbocycles. The first-order valence-electron chi connectivity index (χ1n) is 10.0. The van der Waals surface area contributed by atoms with Crippen molar-refractivity contribution in [3.63, 3.8) is 0 Å². The van der Waals surface area contributed by atoms with Crippen molar-refractivity contribution in [2.24, 2.45) is 10.4 Å². The summed E-state index contributed by atoms with van der Waals surface area (Å²) in [6, 6.07) is 0. The van der Waals surface area contributed by atoms with Gasteiger partial charge >= 0.3 is 0 Å². The molecule has 0 amide bonds. The Bertz CT molecular complexity index is 389. The maximum Gasteiger partial charge on any atom is 0.190 e. The van der Waals surface area contributed by atoms with Crippen LogP contribution in [0, 0.1) is 5.41 Å². The number of aliphatic imine (C=N–C) groups is 1. The van der Waals surface area contributed by atoms with E-state index in [9.17, 15) is 0 Å². The van der Waals surface area contributed by atoms with Crippen molar-refractivity contribution in [2.75, 3.05) is 73.6 Å². The van der Waals surface area contributed by atoms with Crippen LogP contribution in [0.4, 0.5) is 0 Å². The first-order chi connectivity index (χ1) is 12.2. The minimum Gasteiger partial charge on any atom is -0.385 e. The van der Waals surface area contributed by atoms with Gasteiger partial charge in [-0.3, -0.25) is 4.99 Å². The van der Waals surface area contributed by atoms with Gasteiger partial charge in [0.2, 0.25) is 0 Å². The summed E-state index contributed by atoms with van der Waals surface area (Å²) in [6.45, 7) is 8.95. The summed E-state index contributed by atoms with van der Waals surface area (Å²) < 4.78 is 5.27. The van der Waals surface area contributed by atoms with Crippen LogP contribution in [0.3, 0.4) is 0 Å². The Morgan fingerprint density at radius 3 is 2.48 bits per heavy atom. The number of guanidine groups is 1. The third-order valence-corrected chi connectivity index (χ3v) is 5.89. The van der Waals surface area contributed by atoms with Gasteiger partial charge in [0.1, 0.15) is 0 Å². The highest BCUT2D eigenvalue weighted by Gasteiger charge is 2.36. The van der Waals surface area contributed by atoms with Crippen molar-refractivity contribution in [1.82, 2.24) is 20.4 Å². The smallest absolute Gasteiger partial charge is 0.190 e. The molecular weight excluding hydrogens is 314 g/mol. The fraction of sp³-hybridized carbons (Fsp3) is 0.947. The van der Waals surface area contributed by atoms with E-state index < -0.39 is 0 Å². The lowest BCUT2D eigenvalue weighted by Crippen LogP contribution is -2.47. The molecule has 0 aromatic carbocycles. The van der Waals surface area contributed by atoms with E-state index in [4.69, 9.17) is 4.74 Å². The van der Waals surface area contributed by atoms with Crippen LogP contribution in [0.5, 0.6) is 0 Å². The molecule has 1 saturated heterocycles. The summed E-state index contributed by atoms with van der Waals surface area (Å²) in [6.07, 6.45) is 7.58. The van der Waals surface area contributed by atoms with E-state index in [1.54, 1.807) is 7.11 Å². The second kappa shape index (κ2) is 11.0. The van der Waals surface area contributed by atoms with Crippen LogP contribution in [-0.2, 0) is 4.74 Å². The number of rotatable bonds is 10. The van der Waals surface area contributed by atoms with Gasteiger partial charge in [0.15, 0.2) is 5.96 Å². The van der Waals surface area contributed by atoms with E-state index in [1.807, 2.05) is 7.05 Å². The summed E-state index contributed by atoms with van der Waals surface area (Å²) in [5.74, 6) is 0.947. The summed E-state index contributed by atoms with van der Waals surface area (Å²) in [7, 11) is 5.87. The van der Waals surface area contributed by atoms with Gasteiger partial charge in [-0.1, -0.05) is 6.42 Å². The van der Waals surface area contributed by atoms with Gasteiger partial charge in [0.05, 0.1) is 0 Å². The maximum atomic E-state index is 5.27. The third-order valence-electron chi connectivity index (χ3n) is 5.89. The highest BCUT2D eigenvalue weighted by molar-refractivity contribution is 5.79. The van der Waals surface area contributed by atoms with E-state index >= 15 is 0 Å². The normalized spacial score (nSPS) is 21.8. The number of likely N-dealkylation sites (N-methyl/N-ethyl adjacent to an activating group) is 1. The number of nitrogens with one attached hydrogen (secondary N) is 2. The Morgan fingerprint density at radius 1 is 1.12 bits per heavy atom. The Labute approximate surface area is 154 Å². The standard InChI is InChI=1S/C19H39N5O/c1-20-18(22-17-19(7-6-8-19)9-16-25-3)21-10-4-5-11-24-14-12-23(2)13-15-24/h4-17H2,1-3H3,(H2,20,21,22). The fourth-order valence-electron chi connectivity index (χ4n) is 3.74. The highest BCUT2D eigenvalue weighted by atomic mass is 16.5. The number of hydrogen-bond acceptors (Lipinski definition) is 4. The minimum absolute atomic E-state index is 0.426. The quantitative estimate of drug-likeness (QED) is 0.353. The lowest BCUT2D eigenvalue weighted by atomic mass is 9.67. The molecule has 0 atom stereocenters. The topological polar surface area (TPSA) is 52.1 Å². The van der Waals surface area contributed by atoms with Crippen LogP contribution >= 0.6 is 0 Å². The first-order valence-corrected chi connectivity index (χ1v) is 10.0. The van der Waals surface area contributed by atoms with Gasteiger partial charge < -0.3 is 25.2 Å². The average Bonchev–Trinajstić information content (AvgIpc) is 2.60. The molecule has 0 spiro atoms. The zero-order valence-corrected chi connectivity index (χ0v) is 16.6. The molecule has 1 heterocycles. The van der Waals surface area contributed by atoms with Crippen LogP contribution in [-0.4, -0.2) is 89.4 Å². The second-order valence-electron chi connectivity index (χ2n) is 7.80. The molecule has 0 aromatic rings.